The fourth-order valence-corrected chi connectivity index (χ4v) is 6.01. The highest BCUT2D eigenvalue weighted by Crippen LogP contribution is 2.01. The predicted molar refractivity (Wildman–Crippen MR) is 285 cm³/mol. The summed E-state index contributed by atoms with van der Waals surface area (Å²) >= 11 is 14.8. The number of hydrogen-bond donors (Lipinski definition) is 15. The third-order valence-electron chi connectivity index (χ3n) is 6.65. The quantitative estimate of drug-likeness (QED) is 0.0495. The van der Waals surface area contributed by atoms with E-state index >= 15 is 0 Å². The molecule has 0 saturated carbocycles. The van der Waals surface area contributed by atoms with Crippen molar-refractivity contribution in [3.05, 3.63) is 0 Å². The van der Waals surface area contributed by atoms with E-state index in [1.165, 1.54) is 0 Å². The summed E-state index contributed by atoms with van der Waals surface area (Å²) in [5.41, 5.74) is 36.3. The molecule has 0 aliphatic heterocycles. The molecule has 0 aromatic carbocycles. The van der Waals surface area contributed by atoms with Gasteiger partial charge < -0.3 is 75.9 Å². The first-order chi connectivity index (χ1) is 30.3. The number of nitrogens with two attached hydrogens (primary N) is 7. The molecule has 29 heteroatoms. The van der Waals surface area contributed by atoms with Gasteiger partial charge in [-0.05, 0) is 135 Å². The Kier molecular flexibility index (Phi) is 78.1. The number of thioether (sulfide) groups is 7. The van der Waals surface area contributed by atoms with E-state index in [4.69, 9.17) is 75.9 Å². The van der Waals surface area contributed by atoms with Crippen molar-refractivity contribution >= 4 is 137 Å². The lowest BCUT2D eigenvalue weighted by Crippen LogP contribution is -2.30. The van der Waals surface area contributed by atoms with Crippen LogP contribution in [0.15, 0.2) is 0 Å². The maximum absolute atomic E-state index is 10.1. The van der Waals surface area contributed by atoms with Crippen LogP contribution in [-0.2, 0) is 33.6 Å². The second-order valence-corrected chi connectivity index (χ2v) is 19.0. The van der Waals surface area contributed by atoms with E-state index in [1.54, 1.807) is 88.6 Å². The summed E-state index contributed by atoms with van der Waals surface area (Å²) in [4.78, 5) is 70.5. The average molecular weight is 1090 g/mol. The molecule has 0 amide bonds. The molecule has 0 saturated heterocycles. The van der Waals surface area contributed by atoms with Gasteiger partial charge in [0.05, 0.1) is 0 Å². The van der Waals surface area contributed by atoms with Crippen molar-refractivity contribution in [2.45, 2.75) is 87.2 Å². The number of hydrogen-bond acceptors (Lipinski definition) is 22. The fourth-order valence-electron chi connectivity index (χ4n) is 2.58. The first kappa shape index (κ1) is 80.8. The third kappa shape index (κ3) is 77.3. The second-order valence-electron chi connectivity index (χ2n) is 12.1. The molecule has 0 aliphatic carbocycles. The Morgan fingerprint density at radius 2 is 0.369 bits per heavy atom. The number of thiol groups is 1. The zero-order valence-corrected chi connectivity index (χ0v) is 45.4. The van der Waals surface area contributed by atoms with Crippen molar-refractivity contribution in [2.75, 3.05) is 90.3 Å². The first-order valence-corrected chi connectivity index (χ1v) is 29.7. The van der Waals surface area contributed by atoms with Gasteiger partial charge in [-0.1, -0.05) is 0 Å². The van der Waals surface area contributed by atoms with Gasteiger partial charge in [0.25, 0.3) is 0 Å². The Labute approximate surface area is 421 Å². The van der Waals surface area contributed by atoms with Gasteiger partial charge >= 0.3 is 41.8 Å². The monoisotopic (exact) mass is 1090 g/mol. The molecule has 0 rings (SSSR count). The number of carbonyl (C=O) groups is 7. The lowest BCUT2D eigenvalue weighted by molar-refractivity contribution is -0.139. The topological polar surface area (TPSA) is 443 Å². The summed E-state index contributed by atoms with van der Waals surface area (Å²) in [6, 6.07) is -4.78. The molecule has 0 aromatic heterocycles. The van der Waals surface area contributed by atoms with E-state index in [0.29, 0.717) is 44.9 Å². The van der Waals surface area contributed by atoms with Gasteiger partial charge in [-0.25, -0.2) is 0 Å². The zero-order chi connectivity index (χ0) is 52.9. The van der Waals surface area contributed by atoms with E-state index in [2.05, 4.69) is 12.6 Å². The van der Waals surface area contributed by atoms with Crippen LogP contribution in [0.5, 0.6) is 0 Å². The Balaban J connectivity index is -0.0000000965. The zero-order valence-electron chi connectivity index (χ0n) is 38.8. The molecule has 21 nitrogen and oxygen atoms in total. The van der Waals surface area contributed by atoms with E-state index < -0.39 is 84.1 Å². The van der Waals surface area contributed by atoms with Crippen molar-refractivity contribution in [3.8, 4) is 0 Å². The summed E-state index contributed by atoms with van der Waals surface area (Å²) in [5, 5.41) is 57.9. The molecule has 0 bridgehead atoms. The lowest BCUT2D eigenvalue weighted by Gasteiger charge is -2.02. The van der Waals surface area contributed by atoms with Crippen LogP contribution in [0.3, 0.4) is 0 Å². The van der Waals surface area contributed by atoms with E-state index in [0.717, 1.165) is 40.3 Å². The summed E-state index contributed by atoms with van der Waals surface area (Å²) in [6.07, 6.45) is 19.0. The number of carboxylic acid groups (broad SMARTS) is 7. The molecule has 392 valence electrons. The van der Waals surface area contributed by atoms with Gasteiger partial charge in [0.1, 0.15) is 42.3 Å². The number of rotatable bonds is 28. The van der Waals surface area contributed by atoms with Crippen LogP contribution >= 0.6 is 95.0 Å². The minimum absolute atomic E-state index is 0.552. The summed E-state index contributed by atoms with van der Waals surface area (Å²) in [6.45, 7) is 0. The summed E-state index contributed by atoms with van der Waals surface area (Å²) < 4.78 is 0. The number of aliphatic carboxylic acids is 7. The maximum atomic E-state index is 10.1. The molecule has 21 N–H and O–H groups in total. The average Bonchev–Trinajstić information content (AvgIpc) is 3.27. The van der Waals surface area contributed by atoms with Gasteiger partial charge in [0.2, 0.25) is 0 Å². The van der Waals surface area contributed by atoms with Crippen LogP contribution in [0.4, 0.5) is 0 Å². The van der Waals surface area contributed by atoms with Crippen molar-refractivity contribution in [1.82, 2.24) is 0 Å². The molecule has 7 atom stereocenters. The van der Waals surface area contributed by atoms with Gasteiger partial charge in [0, 0.05) is 0 Å². The molecular weight excluding hydrogens is 1010 g/mol. The van der Waals surface area contributed by atoms with Gasteiger partial charge in [-0.2, -0.15) is 95.0 Å². The summed E-state index contributed by atoms with van der Waals surface area (Å²) in [7, 11) is 0. The van der Waals surface area contributed by atoms with Gasteiger partial charge in [-0.15, -0.1) is 0 Å². The Bertz CT molecular complexity index is 918. The van der Waals surface area contributed by atoms with E-state index in [1.807, 2.05) is 43.8 Å². The predicted octanol–water partition coefficient (Wildman–Crippen LogP) is 1.61. The fraction of sp³-hybridized carbons (Fsp3) is 0.806. The molecule has 65 heavy (non-hydrogen) atoms. The molecular formula is C36H81N7O14S8. The minimum Gasteiger partial charge on any atom is -0.480 e. The minimum atomic E-state index is -0.913. The highest BCUT2D eigenvalue weighted by molar-refractivity contribution is 7.99. The van der Waals surface area contributed by atoms with Crippen LogP contribution in [-0.4, -0.2) is 210 Å². The lowest BCUT2D eigenvalue weighted by atomic mass is 10.2. The SMILES string of the molecule is CS.CSCCC(N)C(=O)O.CSCCC(N)C(=O)O.CSCCC(N)C(=O)O.CSCCC(N)C(=O)O.CSCCC(N)C(=O)O.CSCCC(N)C(=O)O.CSCCC(N)C(=O)O. The molecule has 0 fully saturated rings. The van der Waals surface area contributed by atoms with Crippen LogP contribution in [0.2, 0.25) is 0 Å². The highest BCUT2D eigenvalue weighted by Gasteiger charge is 2.13. The largest absolute Gasteiger partial charge is 0.480 e. The van der Waals surface area contributed by atoms with Crippen molar-refractivity contribution in [1.29, 1.82) is 0 Å². The van der Waals surface area contributed by atoms with Crippen molar-refractivity contribution < 1.29 is 69.3 Å². The Morgan fingerprint density at radius 3 is 0.415 bits per heavy atom. The first-order valence-electron chi connectivity index (χ1n) is 19.0. The Hall–Kier alpha value is -1.19. The highest BCUT2D eigenvalue weighted by atomic mass is 32.2. The van der Waals surface area contributed by atoms with Crippen LogP contribution in [0, 0.1) is 0 Å². The maximum Gasteiger partial charge on any atom is 0.320 e. The van der Waals surface area contributed by atoms with Crippen LogP contribution in [0.1, 0.15) is 44.9 Å². The third-order valence-corrected chi connectivity index (χ3v) is 11.2. The van der Waals surface area contributed by atoms with E-state index in [-0.39, 0.29) is 0 Å². The molecule has 0 aromatic rings. The second kappa shape index (κ2) is 62.8. The normalized spacial score (nSPS) is 12.8. The molecule has 0 spiro atoms. The van der Waals surface area contributed by atoms with Crippen molar-refractivity contribution in [3.63, 3.8) is 0 Å². The van der Waals surface area contributed by atoms with Gasteiger partial charge in [-0.3, -0.25) is 33.6 Å². The standard InChI is InChI=1S/7C5H11NO2S.CH4S/c7*1-9-3-2-4(6)5(7)8;1-2/h7*4H,2-3,6H2,1H3,(H,7,8);2H,1H3. The molecule has 0 heterocycles. The van der Waals surface area contributed by atoms with E-state index in [9.17, 15) is 33.6 Å². The van der Waals surface area contributed by atoms with Crippen LogP contribution < -0.4 is 40.1 Å². The molecule has 0 radical (unpaired) electrons. The summed E-state index contributed by atoms with van der Waals surface area (Å²) in [5.74, 6) is -0.700. The molecule has 7 unspecified atom stereocenters. The molecule has 0 aliphatic rings. The smallest absolute Gasteiger partial charge is 0.320 e. The Morgan fingerprint density at radius 1 is 0.292 bits per heavy atom. The number of carboxylic acids is 7. The van der Waals surface area contributed by atoms with Crippen molar-refractivity contribution in [2.24, 2.45) is 40.1 Å². The van der Waals surface area contributed by atoms with Gasteiger partial charge in [0.15, 0.2) is 0 Å². The van der Waals surface area contributed by atoms with Crippen LogP contribution in [0.25, 0.3) is 0 Å².